The number of carbonyl (C=O) groups is 6. The van der Waals surface area contributed by atoms with Gasteiger partial charge >= 0.3 is 0 Å². The van der Waals surface area contributed by atoms with E-state index in [1.165, 1.54) is 26.0 Å². The van der Waals surface area contributed by atoms with E-state index in [0.717, 1.165) is 0 Å². The number of hydrogen-bond acceptors (Lipinski definition) is 7. The molecule has 0 aromatic heterocycles. The first-order chi connectivity index (χ1) is 14.6. The van der Waals surface area contributed by atoms with Crippen LogP contribution in [0.25, 0.3) is 0 Å². The monoisotopic (exact) mass is 434 g/mol. The molecule has 0 amide bonds. The standard InChI is InChI=1S/C24H34O7/c1-5-7-19(27)9-11-21(29)15-23(13-17(3)25)31-24(14-18(4)26)16-22(30)12-10-20(28)8-6-2/h5-6,23-24H,1-2,7-16H2,3-4H3. The van der Waals surface area contributed by atoms with E-state index < -0.39 is 12.2 Å². The molecule has 0 fully saturated rings. The van der Waals surface area contributed by atoms with Gasteiger partial charge in [0.05, 0.1) is 12.2 Å². The lowest BCUT2D eigenvalue weighted by atomic mass is 10.00. The molecule has 0 aliphatic rings. The van der Waals surface area contributed by atoms with Crippen LogP contribution in [0.3, 0.4) is 0 Å². The summed E-state index contributed by atoms with van der Waals surface area (Å²) in [6.07, 6.45) is 1.79. The summed E-state index contributed by atoms with van der Waals surface area (Å²) < 4.78 is 5.84. The van der Waals surface area contributed by atoms with Crippen molar-refractivity contribution in [3.8, 4) is 0 Å². The van der Waals surface area contributed by atoms with Gasteiger partial charge in [0.25, 0.3) is 0 Å². The third kappa shape index (κ3) is 15.9. The van der Waals surface area contributed by atoms with Gasteiger partial charge in [0.15, 0.2) is 0 Å². The van der Waals surface area contributed by atoms with Crippen molar-refractivity contribution < 1.29 is 33.5 Å². The molecule has 7 heteroatoms. The van der Waals surface area contributed by atoms with E-state index in [9.17, 15) is 28.8 Å². The Hall–Kier alpha value is -2.54. The predicted molar refractivity (Wildman–Crippen MR) is 117 cm³/mol. The third-order valence-electron chi connectivity index (χ3n) is 4.44. The number of rotatable bonds is 20. The predicted octanol–water partition coefficient (Wildman–Crippen LogP) is 3.47. The summed E-state index contributed by atoms with van der Waals surface area (Å²) >= 11 is 0. The largest absolute Gasteiger partial charge is 0.373 e. The minimum absolute atomic E-state index is 0.0339. The summed E-state index contributed by atoms with van der Waals surface area (Å²) in [5.41, 5.74) is 0. The first-order valence-electron chi connectivity index (χ1n) is 10.5. The molecule has 0 radical (unpaired) electrons. The van der Waals surface area contributed by atoms with Crippen LogP contribution in [0.1, 0.15) is 78.1 Å². The number of carbonyl (C=O) groups excluding carboxylic acids is 6. The van der Waals surface area contributed by atoms with Gasteiger partial charge in [0.1, 0.15) is 34.7 Å². The summed E-state index contributed by atoms with van der Waals surface area (Å²) in [6, 6.07) is 0. The molecular weight excluding hydrogens is 400 g/mol. The first-order valence-corrected chi connectivity index (χ1v) is 10.5. The van der Waals surface area contributed by atoms with Gasteiger partial charge in [-0.15, -0.1) is 13.2 Å². The number of allylic oxidation sites excluding steroid dienone is 2. The van der Waals surface area contributed by atoms with Crippen molar-refractivity contribution in [2.75, 3.05) is 0 Å². The Bertz CT molecular complexity index is 632. The summed E-state index contributed by atoms with van der Waals surface area (Å²) in [5.74, 6) is -1.04. The Morgan fingerprint density at radius 1 is 0.613 bits per heavy atom. The van der Waals surface area contributed by atoms with E-state index >= 15 is 0 Å². The smallest absolute Gasteiger partial charge is 0.137 e. The molecule has 0 spiro atoms. The topological polar surface area (TPSA) is 112 Å². The van der Waals surface area contributed by atoms with Crippen molar-refractivity contribution in [3.63, 3.8) is 0 Å². The normalized spacial score (nSPS) is 12.5. The molecule has 7 nitrogen and oxygen atoms in total. The van der Waals surface area contributed by atoms with Crippen molar-refractivity contribution >= 4 is 34.7 Å². The molecule has 2 atom stereocenters. The average molecular weight is 435 g/mol. The van der Waals surface area contributed by atoms with Crippen LogP contribution < -0.4 is 0 Å². The summed E-state index contributed by atoms with van der Waals surface area (Å²) in [7, 11) is 0. The van der Waals surface area contributed by atoms with Crippen LogP contribution in [-0.2, 0) is 33.5 Å². The van der Waals surface area contributed by atoms with E-state index in [1.54, 1.807) is 0 Å². The van der Waals surface area contributed by atoms with Crippen LogP contribution in [0.2, 0.25) is 0 Å². The quantitative estimate of drug-likeness (QED) is 0.270. The van der Waals surface area contributed by atoms with Gasteiger partial charge in [-0.25, -0.2) is 0 Å². The summed E-state index contributed by atoms with van der Waals surface area (Å²) in [5, 5.41) is 0. The lowest BCUT2D eigenvalue weighted by molar-refractivity contribution is -0.133. The van der Waals surface area contributed by atoms with Gasteiger partial charge in [-0.05, 0) is 13.8 Å². The highest BCUT2D eigenvalue weighted by molar-refractivity contribution is 5.88. The molecular formula is C24H34O7. The zero-order valence-electron chi connectivity index (χ0n) is 18.7. The molecule has 0 saturated carbocycles. The molecule has 0 heterocycles. The maximum absolute atomic E-state index is 12.3. The van der Waals surface area contributed by atoms with Crippen LogP contribution in [0.4, 0.5) is 0 Å². The average Bonchev–Trinajstić information content (AvgIpc) is 2.64. The molecule has 31 heavy (non-hydrogen) atoms. The van der Waals surface area contributed by atoms with E-state index in [2.05, 4.69) is 13.2 Å². The first kappa shape index (κ1) is 28.5. The van der Waals surface area contributed by atoms with Gasteiger partial charge in [-0.2, -0.15) is 0 Å². The zero-order chi connectivity index (χ0) is 23.8. The molecule has 0 aliphatic carbocycles. The molecule has 0 aromatic rings. The van der Waals surface area contributed by atoms with Gasteiger partial charge in [0.2, 0.25) is 0 Å². The zero-order valence-corrected chi connectivity index (χ0v) is 18.7. The van der Waals surface area contributed by atoms with Crippen molar-refractivity contribution in [1.82, 2.24) is 0 Å². The van der Waals surface area contributed by atoms with Crippen LogP contribution >= 0.6 is 0 Å². The van der Waals surface area contributed by atoms with Gasteiger partial charge in [-0.1, -0.05) is 12.2 Å². The SMILES string of the molecule is C=CCC(=O)CCC(=O)CC(CC(C)=O)OC(CC(C)=O)CC(=O)CCC(=O)CC=C. The molecule has 0 N–H and O–H groups in total. The maximum Gasteiger partial charge on any atom is 0.137 e. The van der Waals surface area contributed by atoms with E-state index in [4.69, 9.17) is 4.74 Å². The molecule has 172 valence electrons. The maximum atomic E-state index is 12.3. The fraction of sp³-hybridized carbons (Fsp3) is 0.583. The lowest BCUT2D eigenvalue weighted by Gasteiger charge is -2.23. The van der Waals surface area contributed by atoms with Crippen molar-refractivity contribution in [2.24, 2.45) is 0 Å². The van der Waals surface area contributed by atoms with Gasteiger partial charge in [0, 0.05) is 64.2 Å². The number of hydrogen-bond donors (Lipinski definition) is 0. The van der Waals surface area contributed by atoms with Crippen molar-refractivity contribution in [3.05, 3.63) is 25.3 Å². The minimum atomic E-state index is -0.779. The van der Waals surface area contributed by atoms with Crippen molar-refractivity contribution in [2.45, 2.75) is 90.3 Å². The Morgan fingerprint density at radius 3 is 1.23 bits per heavy atom. The molecule has 0 aromatic carbocycles. The Balaban J connectivity index is 4.97. The minimum Gasteiger partial charge on any atom is -0.373 e. The van der Waals surface area contributed by atoms with Crippen molar-refractivity contribution in [1.29, 1.82) is 0 Å². The number of ketones is 6. The third-order valence-corrected chi connectivity index (χ3v) is 4.44. The molecule has 0 saturated heterocycles. The van der Waals surface area contributed by atoms with Crippen LogP contribution in [0.15, 0.2) is 25.3 Å². The second kappa shape index (κ2) is 16.2. The van der Waals surface area contributed by atoms with E-state index in [-0.39, 0.29) is 98.9 Å². The fourth-order valence-corrected chi connectivity index (χ4v) is 3.05. The second-order valence-corrected chi connectivity index (χ2v) is 7.74. The highest BCUT2D eigenvalue weighted by Gasteiger charge is 2.24. The molecule has 2 unspecified atom stereocenters. The summed E-state index contributed by atoms with van der Waals surface area (Å²) in [6.45, 7) is 9.69. The lowest BCUT2D eigenvalue weighted by Crippen LogP contribution is -2.30. The highest BCUT2D eigenvalue weighted by Crippen LogP contribution is 2.17. The molecule has 0 rings (SSSR count). The Kier molecular flexibility index (Phi) is 14.9. The molecule has 0 bridgehead atoms. The van der Waals surface area contributed by atoms with Crippen LogP contribution in [-0.4, -0.2) is 46.9 Å². The van der Waals surface area contributed by atoms with Gasteiger partial charge in [-0.3, -0.25) is 28.8 Å². The summed E-state index contributed by atoms with van der Waals surface area (Å²) in [4.78, 5) is 70.9. The van der Waals surface area contributed by atoms with E-state index in [1.807, 2.05) is 0 Å². The molecule has 0 aliphatic heterocycles. The van der Waals surface area contributed by atoms with E-state index in [0.29, 0.717) is 0 Å². The number of ether oxygens (including phenoxy) is 1. The Labute approximate surface area is 184 Å². The Morgan fingerprint density at radius 2 is 0.935 bits per heavy atom. The van der Waals surface area contributed by atoms with Crippen LogP contribution in [0.5, 0.6) is 0 Å². The van der Waals surface area contributed by atoms with Gasteiger partial charge < -0.3 is 4.74 Å². The fourth-order valence-electron chi connectivity index (χ4n) is 3.05. The second-order valence-electron chi connectivity index (χ2n) is 7.74. The number of Topliss-reactive ketones (excluding diaryl/α,β-unsaturated/α-hetero) is 6. The highest BCUT2D eigenvalue weighted by atomic mass is 16.5. The van der Waals surface area contributed by atoms with Crippen LogP contribution in [0, 0.1) is 0 Å².